The van der Waals surface area contributed by atoms with Gasteiger partial charge in [0, 0.05) is 17.1 Å². The molecule has 196 valence electrons. The second kappa shape index (κ2) is 11.9. The van der Waals surface area contributed by atoms with Crippen molar-refractivity contribution in [3.8, 4) is 0 Å². The molecule has 0 heterocycles. The second-order valence-electron chi connectivity index (χ2n) is 9.58. The van der Waals surface area contributed by atoms with Crippen LogP contribution in [0.4, 0.5) is 4.79 Å². The molecule has 9 heteroatoms. The molecule has 1 atom stereocenters. The average Bonchev–Trinajstić information content (AvgIpc) is 2.85. The van der Waals surface area contributed by atoms with Crippen LogP contribution in [0.15, 0.2) is 82.6 Å². The van der Waals surface area contributed by atoms with Gasteiger partial charge in [0.15, 0.2) is 0 Å². The van der Waals surface area contributed by atoms with Gasteiger partial charge in [-0.25, -0.2) is 13.2 Å². The molecule has 0 aliphatic rings. The first-order valence-corrected chi connectivity index (χ1v) is 13.6. The van der Waals surface area contributed by atoms with Crippen molar-refractivity contribution in [3.05, 3.63) is 94.5 Å². The normalized spacial score (nSPS) is 12.6. The van der Waals surface area contributed by atoms with Gasteiger partial charge in [-0.2, -0.15) is 0 Å². The number of aldehydes is 1. The molecule has 1 N–H and O–H groups in total. The number of aliphatic hydroxyl groups is 1. The Bertz CT molecular complexity index is 1330. The largest absolute Gasteiger partial charge is 0.444 e. The zero-order valence-corrected chi connectivity index (χ0v) is 22.5. The number of aliphatic hydroxyl groups excluding tert-OH is 1. The summed E-state index contributed by atoms with van der Waals surface area (Å²) in [6.45, 7) is 5.54. The van der Waals surface area contributed by atoms with Crippen molar-refractivity contribution in [2.75, 3.05) is 13.1 Å². The summed E-state index contributed by atoms with van der Waals surface area (Å²) in [5.74, 6) is 0. The third-order valence-electron chi connectivity index (χ3n) is 5.51. The van der Waals surface area contributed by atoms with Gasteiger partial charge in [0.2, 0.25) is 9.84 Å². The van der Waals surface area contributed by atoms with Crippen LogP contribution in [0.3, 0.4) is 0 Å². The number of amides is 1. The maximum atomic E-state index is 12.9. The summed E-state index contributed by atoms with van der Waals surface area (Å²) in [4.78, 5) is 25.3. The van der Waals surface area contributed by atoms with Gasteiger partial charge in [-0.3, -0.25) is 4.79 Å². The maximum absolute atomic E-state index is 12.9. The third-order valence-corrected chi connectivity index (χ3v) is 7.53. The number of hydrogen-bond donors (Lipinski definition) is 1. The number of nitrogens with zero attached hydrogens (tertiary/aromatic N) is 1. The first-order valence-electron chi connectivity index (χ1n) is 11.7. The summed E-state index contributed by atoms with van der Waals surface area (Å²) in [7, 11) is -3.74. The number of sulfone groups is 1. The van der Waals surface area contributed by atoms with Crippen LogP contribution in [0.2, 0.25) is 5.02 Å². The quantitative estimate of drug-likeness (QED) is 0.358. The smallest absolute Gasteiger partial charge is 0.410 e. The Hall–Kier alpha value is -3.20. The number of rotatable bonds is 9. The Morgan fingerprint density at radius 2 is 1.62 bits per heavy atom. The lowest BCUT2D eigenvalue weighted by Gasteiger charge is -2.29. The molecular weight excluding hydrogens is 514 g/mol. The molecule has 37 heavy (non-hydrogen) atoms. The molecule has 0 radical (unpaired) electrons. The lowest BCUT2D eigenvalue weighted by Crippen LogP contribution is -2.40. The molecule has 0 aliphatic heterocycles. The van der Waals surface area contributed by atoms with Crippen molar-refractivity contribution >= 4 is 33.8 Å². The van der Waals surface area contributed by atoms with Crippen LogP contribution in [-0.4, -0.2) is 49.5 Å². The minimum Gasteiger partial charge on any atom is -0.444 e. The molecule has 3 aromatic rings. The van der Waals surface area contributed by atoms with Crippen LogP contribution in [-0.2, 0) is 21.0 Å². The van der Waals surface area contributed by atoms with Crippen LogP contribution < -0.4 is 0 Å². The molecule has 1 amide bonds. The summed E-state index contributed by atoms with van der Waals surface area (Å²) < 4.78 is 31.4. The minimum absolute atomic E-state index is 0.00149. The molecule has 7 nitrogen and oxygen atoms in total. The van der Waals surface area contributed by atoms with E-state index in [4.69, 9.17) is 16.3 Å². The number of carbonyl (C=O) groups is 2. The minimum atomic E-state index is -3.74. The SMILES string of the molecule is CC(C)(C)OC(=O)N(CCc1ccc(S(=O)(=O)c2ccc(C=O)cc2)cc1)C[C@H](O)c1cccc(Cl)c1. The first kappa shape index (κ1) is 28.4. The topological polar surface area (TPSA) is 101 Å². The average molecular weight is 544 g/mol. The van der Waals surface area contributed by atoms with Crippen molar-refractivity contribution in [2.24, 2.45) is 0 Å². The fourth-order valence-electron chi connectivity index (χ4n) is 3.57. The molecule has 0 fully saturated rings. The van der Waals surface area contributed by atoms with E-state index in [-0.39, 0.29) is 22.9 Å². The van der Waals surface area contributed by atoms with E-state index in [1.165, 1.54) is 41.3 Å². The van der Waals surface area contributed by atoms with Gasteiger partial charge in [-0.05, 0) is 74.7 Å². The Morgan fingerprint density at radius 3 is 2.16 bits per heavy atom. The van der Waals surface area contributed by atoms with Gasteiger partial charge in [0.05, 0.1) is 22.4 Å². The van der Waals surface area contributed by atoms with Gasteiger partial charge in [-0.15, -0.1) is 0 Å². The van der Waals surface area contributed by atoms with Crippen LogP contribution in [0.5, 0.6) is 0 Å². The zero-order valence-electron chi connectivity index (χ0n) is 20.9. The number of ether oxygens (including phenoxy) is 1. The fourth-order valence-corrected chi connectivity index (χ4v) is 5.03. The highest BCUT2D eigenvalue weighted by atomic mass is 35.5. The van der Waals surface area contributed by atoms with Crippen molar-refractivity contribution in [3.63, 3.8) is 0 Å². The molecule has 3 rings (SSSR count). The van der Waals surface area contributed by atoms with Crippen LogP contribution in [0.1, 0.15) is 48.4 Å². The van der Waals surface area contributed by atoms with Gasteiger partial charge in [0.25, 0.3) is 0 Å². The molecular formula is C28H30ClNO6S. The lowest BCUT2D eigenvalue weighted by molar-refractivity contribution is 0.0147. The zero-order chi connectivity index (χ0) is 27.2. The van der Waals surface area contributed by atoms with E-state index in [1.807, 2.05) is 0 Å². The highest BCUT2D eigenvalue weighted by Crippen LogP contribution is 2.23. The van der Waals surface area contributed by atoms with Gasteiger partial charge >= 0.3 is 6.09 Å². The van der Waals surface area contributed by atoms with E-state index >= 15 is 0 Å². The molecule has 0 saturated heterocycles. The van der Waals surface area contributed by atoms with Crippen molar-refractivity contribution in [1.82, 2.24) is 4.90 Å². The number of carbonyl (C=O) groups excluding carboxylic acids is 2. The molecule has 0 unspecified atom stereocenters. The monoisotopic (exact) mass is 543 g/mol. The highest BCUT2D eigenvalue weighted by molar-refractivity contribution is 7.91. The predicted molar refractivity (Wildman–Crippen MR) is 142 cm³/mol. The summed E-state index contributed by atoms with van der Waals surface area (Å²) in [5.41, 5.74) is 1.07. The summed E-state index contributed by atoms with van der Waals surface area (Å²) in [5, 5.41) is 11.2. The molecule has 3 aromatic carbocycles. The van der Waals surface area contributed by atoms with E-state index in [2.05, 4.69) is 0 Å². The molecule has 0 aliphatic carbocycles. The lowest BCUT2D eigenvalue weighted by atomic mass is 10.1. The Balaban J connectivity index is 1.73. The van der Waals surface area contributed by atoms with E-state index < -0.39 is 27.6 Å². The maximum Gasteiger partial charge on any atom is 0.410 e. The van der Waals surface area contributed by atoms with Crippen LogP contribution >= 0.6 is 11.6 Å². The Kier molecular flexibility index (Phi) is 9.12. The summed E-state index contributed by atoms with van der Waals surface area (Å²) >= 11 is 6.04. The number of benzene rings is 3. The van der Waals surface area contributed by atoms with Crippen molar-refractivity contribution in [2.45, 2.75) is 48.7 Å². The van der Waals surface area contributed by atoms with E-state index in [9.17, 15) is 23.1 Å². The number of halogens is 1. The number of hydrogen-bond acceptors (Lipinski definition) is 6. The first-order chi connectivity index (χ1) is 17.4. The Labute approximate surface area is 222 Å². The van der Waals surface area contributed by atoms with E-state index in [0.29, 0.717) is 28.9 Å². The highest BCUT2D eigenvalue weighted by Gasteiger charge is 2.25. The van der Waals surface area contributed by atoms with Crippen molar-refractivity contribution < 1.29 is 27.9 Å². The van der Waals surface area contributed by atoms with Gasteiger partial charge in [-0.1, -0.05) is 48.0 Å². The third kappa shape index (κ3) is 7.89. The van der Waals surface area contributed by atoms with Crippen LogP contribution in [0, 0.1) is 0 Å². The molecule has 0 aromatic heterocycles. The summed E-state index contributed by atoms with van der Waals surface area (Å²) in [6, 6.07) is 18.9. The standard InChI is InChI=1S/C28H30ClNO6S/c1-28(2,3)36-27(33)30(18-26(32)22-5-4-6-23(29)17-22)16-15-20-7-11-24(12-8-20)37(34,35)25-13-9-21(19-31)10-14-25/h4-14,17,19,26,32H,15-16,18H2,1-3H3/t26-/m0/s1. The van der Waals surface area contributed by atoms with Crippen LogP contribution in [0.25, 0.3) is 0 Å². The predicted octanol–water partition coefficient (Wildman–Crippen LogP) is 5.50. The van der Waals surface area contributed by atoms with Gasteiger partial charge < -0.3 is 14.7 Å². The second-order valence-corrected chi connectivity index (χ2v) is 12.0. The van der Waals surface area contributed by atoms with E-state index in [1.54, 1.807) is 57.2 Å². The molecule has 0 spiro atoms. The van der Waals surface area contributed by atoms with E-state index in [0.717, 1.165) is 5.56 Å². The van der Waals surface area contributed by atoms with Crippen molar-refractivity contribution in [1.29, 1.82) is 0 Å². The fraction of sp³-hybridized carbons (Fsp3) is 0.286. The summed E-state index contributed by atoms with van der Waals surface area (Å²) in [6.07, 6.45) is -0.466. The Morgan fingerprint density at radius 1 is 1.03 bits per heavy atom. The van der Waals surface area contributed by atoms with Gasteiger partial charge in [0.1, 0.15) is 11.9 Å². The molecule has 0 saturated carbocycles. The molecule has 0 bridgehead atoms.